The van der Waals surface area contributed by atoms with Gasteiger partial charge >= 0.3 is 0 Å². The fourth-order valence-electron chi connectivity index (χ4n) is 2.08. The first kappa shape index (κ1) is 24.2. The molecule has 0 aliphatic heterocycles. The fourth-order valence-corrected chi connectivity index (χ4v) is 2.08. The molecule has 1 rings (SSSR count). The van der Waals surface area contributed by atoms with Gasteiger partial charge in [-0.2, -0.15) is 0 Å². The molecule has 146 valence electrons. The normalized spacial score (nSPS) is 11.7. The van der Waals surface area contributed by atoms with Crippen LogP contribution >= 0.6 is 24.0 Å². The zero-order valence-corrected chi connectivity index (χ0v) is 18.2. The van der Waals surface area contributed by atoms with E-state index in [1.54, 1.807) is 13.1 Å². The third-order valence-corrected chi connectivity index (χ3v) is 3.66. The molecule has 7 heteroatoms. The van der Waals surface area contributed by atoms with Crippen LogP contribution in [0.4, 0.5) is 0 Å². The lowest BCUT2D eigenvalue weighted by Gasteiger charge is -2.15. The number of carbonyl (C=O) groups is 1. The zero-order chi connectivity index (χ0) is 18.5. The van der Waals surface area contributed by atoms with Crippen LogP contribution in [0.5, 0.6) is 5.75 Å². The summed E-state index contributed by atoms with van der Waals surface area (Å²) >= 11 is 0. The molecule has 1 atom stereocenters. The third kappa shape index (κ3) is 9.65. The maximum absolute atomic E-state index is 11.8. The zero-order valence-electron chi connectivity index (χ0n) is 15.9. The summed E-state index contributed by atoms with van der Waals surface area (Å²) in [5, 5.41) is 9.32. The first-order valence-corrected chi connectivity index (χ1v) is 8.66. The molecule has 0 radical (unpaired) electrons. The van der Waals surface area contributed by atoms with Crippen molar-refractivity contribution >= 4 is 35.8 Å². The van der Waals surface area contributed by atoms with E-state index in [0.717, 1.165) is 17.7 Å². The first-order chi connectivity index (χ1) is 12.1. The highest BCUT2D eigenvalue weighted by molar-refractivity contribution is 14.0. The van der Waals surface area contributed by atoms with Gasteiger partial charge in [-0.05, 0) is 19.4 Å². The number of nitrogens with zero attached hydrogens (tertiary/aromatic N) is 1. The summed E-state index contributed by atoms with van der Waals surface area (Å²) in [6.45, 7) is 9.27. The van der Waals surface area contributed by atoms with Gasteiger partial charge in [0.2, 0.25) is 5.91 Å². The second-order valence-electron chi connectivity index (χ2n) is 5.69. The highest BCUT2D eigenvalue weighted by Gasteiger charge is 2.07. The molecule has 26 heavy (non-hydrogen) atoms. The van der Waals surface area contributed by atoms with Crippen LogP contribution in [0.2, 0.25) is 0 Å². The molecule has 1 aromatic rings. The van der Waals surface area contributed by atoms with E-state index in [2.05, 4.69) is 27.5 Å². The predicted molar refractivity (Wildman–Crippen MR) is 118 cm³/mol. The monoisotopic (exact) mass is 474 g/mol. The summed E-state index contributed by atoms with van der Waals surface area (Å²) < 4.78 is 5.64. The fraction of sp³-hybridized carbons (Fsp3) is 0.474. The second kappa shape index (κ2) is 14.4. The molecule has 0 saturated heterocycles. The van der Waals surface area contributed by atoms with Crippen molar-refractivity contribution in [1.29, 1.82) is 0 Å². The molecule has 3 N–H and O–H groups in total. The van der Waals surface area contributed by atoms with Crippen LogP contribution in [0.3, 0.4) is 0 Å². The Balaban J connectivity index is 0.00000625. The lowest BCUT2D eigenvalue weighted by molar-refractivity contribution is -0.121. The molecule has 0 aliphatic carbocycles. The number of guanidine groups is 1. The Morgan fingerprint density at radius 3 is 2.73 bits per heavy atom. The van der Waals surface area contributed by atoms with E-state index in [0.29, 0.717) is 32.1 Å². The minimum Gasteiger partial charge on any atom is -0.489 e. The van der Waals surface area contributed by atoms with Gasteiger partial charge in [-0.15, -0.1) is 24.0 Å². The number of rotatable bonds is 10. The number of hydrogen-bond acceptors (Lipinski definition) is 3. The Hall–Kier alpha value is -1.77. The van der Waals surface area contributed by atoms with E-state index >= 15 is 0 Å². The SMILES string of the molecule is C=CCOc1ccccc1CNC(=NC)NCCC(=O)NC(C)CC.I. The predicted octanol–water partition coefficient (Wildman–Crippen LogP) is 2.84. The van der Waals surface area contributed by atoms with Gasteiger partial charge in [0.15, 0.2) is 5.96 Å². The molecule has 0 spiro atoms. The maximum atomic E-state index is 11.8. The molecule has 0 aliphatic rings. The Kier molecular flexibility index (Phi) is 13.4. The number of benzene rings is 1. The maximum Gasteiger partial charge on any atom is 0.221 e. The molecule has 1 amide bonds. The number of hydrogen-bond donors (Lipinski definition) is 3. The quantitative estimate of drug-likeness (QED) is 0.211. The molecular formula is C19H31IN4O2. The van der Waals surface area contributed by atoms with Gasteiger partial charge in [-0.3, -0.25) is 9.79 Å². The highest BCUT2D eigenvalue weighted by atomic mass is 127. The molecule has 0 aromatic heterocycles. The van der Waals surface area contributed by atoms with E-state index in [4.69, 9.17) is 4.74 Å². The van der Waals surface area contributed by atoms with Crippen molar-refractivity contribution in [3.05, 3.63) is 42.5 Å². The summed E-state index contributed by atoms with van der Waals surface area (Å²) in [6.07, 6.45) is 3.05. The van der Waals surface area contributed by atoms with Crippen molar-refractivity contribution < 1.29 is 9.53 Å². The Bertz CT molecular complexity index is 578. The lowest BCUT2D eigenvalue weighted by atomic mass is 10.2. The average molecular weight is 474 g/mol. The van der Waals surface area contributed by atoms with Gasteiger partial charge < -0.3 is 20.7 Å². The molecule has 0 fully saturated rings. The van der Waals surface area contributed by atoms with Crippen LogP contribution in [0, 0.1) is 0 Å². The summed E-state index contributed by atoms with van der Waals surface area (Å²) in [5.41, 5.74) is 1.03. The molecule has 1 aromatic carbocycles. The summed E-state index contributed by atoms with van der Waals surface area (Å²) in [5.74, 6) is 1.51. The third-order valence-electron chi connectivity index (χ3n) is 3.66. The van der Waals surface area contributed by atoms with Crippen LogP contribution in [0.25, 0.3) is 0 Å². The van der Waals surface area contributed by atoms with Crippen LogP contribution in [0.15, 0.2) is 41.9 Å². The van der Waals surface area contributed by atoms with Crippen LogP contribution in [-0.2, 0) is 11.3 Å². The van der Waals surface area contributed by atoms with E-state index in [-0.39, 0.29) is 35.9 Å². The minimum atomic E-state index is 0. The van der Waals surface area contributed by atoms with Gasteiger partial charge in [0, 0.05) is 38.2 Å². The summed E-state index contributed by atoms with van der Waals surface area (Å²) in [4.78, 5) is 15.9. The standard InChI is InChI=1S/C19H30N4O2.HI/c1-5-13-25-17-10-8-7-9-16(17)14-22-19(20-4)21-12-11-18(24)23-15(3)6-2;/h5,7-10,15H,1,6,11-14H2,2-4H3,(H,23,24)(H2,20,21,22);1H. The molecule has 0 heterocycles. The number of halogens is 1. The number of para-hydroxylation sites is 1. The summed E-state index contributed by atoms with van der Waals surface area (Å²) in [7, 11) is 1.70. The number of ether oxygens (including phenoxy) is 1. The summed E-state index contributed by atoms with van der Waals surface area (Å²) in [6, 6.07) is 8.03. The van der Waals surface area contributed by atoms with E-state index < -0.39 is 0 Å². The van der Waals surface area contributed by atoms with Crippen molar-refractivity contribution in [3.8, 4) is 5.75 Å². The number of aliphatic imine (C=N–C) groups is 1. The highest BCUT2D eigenvalue weighted by Crippen LogP contribution is 2.17. The van der Waals surface area contributed by atoms with E-state index in [1.807, 2.05) is 38.1 Å². The average Bonchev–Trinajstić information content (AvgIpc) is 2.63. The number of nitrogens with one attached hydrogen (secondary N) is 3. The van der Waals surface area contributed by atoms with Crippen molar-refractivity contribution in [2.45, 2.75) is 39.3 Å². The number of amides is 1. The van der Waals surface area contributed by atoms with Crippen molar-refractivity contribution in [2.75, 3.05) is 20.2 Å². The van der Waals surface area contributed by atoms with E-state index in [9.17, 15) is 4.79 Å². The van der Waals surface area contributed by atoms with Gasteiger partial charge in [0.25, 0.3) is 0 Å². The van der Waals surface area contributed by atoms with Gasteiger partial charge in [-0.1, -0.05) is 37.8 Å². The Morgan fingerprint density at radius 2 is 2.08 bits per heavy atom. The van der Waals surface area contributed by atoms with Gasteiger partial charge in [-0.25, -0.2) is 0 Å². The molecule has 0 saturated carbocycles. The lowest BCUT2D eigenvalue weighted by Crippen LogP contribution is -2.40. The number of carbonyl (C=O) groups excluding carboxylic acids is 1. The van der Waals surface area contributed by atoms with Gasteiger partial charge in [0.1, 0.15) is 12.4 Å². The first-order valence-electron chi connectivity index (χ1n) is 8.66. The molecule has 0 bridgehead atoms. The Morgan fingerprint density at radius 1 is 1.35 bits per heavy atom. The molecular weight excluding hydrogens is 443 g/mol. The van der Waals surface area contributed by atoms with Crippen LogP contribution in [0.1, 0.15) is 32.3 Å². The van der Waals surface area contributed by atoms with Crippen LogP contribution < -0.4 is 20.7 Å². The topological polar surface area (TPSA) is 74.8 Å². The molecule has 1 unspecified atom stereocenters. The van der Waals surface area contributed by atoms with E-state index in [1.165, 1.54) is 0 Å². The smallest absolute Gasteiger partial charge is 0.221 e. The van der Waals surface area contributed by atoms with Gasteiger partial charge in [0.05, 0.1) is 0 Å². The van der Waals surface area contributed by atoms with Crippen molar-refractivity contribution in [2.24, 2.45) is 4.99 Å². The second-order valence-corrected chi connectivity index (χ2v) is 5.69. The van der Waals surface area contributed by atoms with Crippen molar-refractivity contribution in [1.82, 2.24) is 16.0 Å². The minimum absolute atomic E-state index is 0. The largest absolute Gasteiger partial charge is 0.489 e. The molecule has 6 nitrogen and oxygen atoms in total. The Labute approximate surface area is 173 Å². The van der Waals surface area contributed by atoms with Crippen LogP contribution in [-0.4, -0.2) is 38.1 Å². The van der Waals surface area contributed by atoms with Crippen molar-refractivity contribution in [3.63, 3.8) is 0 Å².